The highest BCUT2D eigenvalue weighted by Gasteiger charge is 2.26. The van der Waals surface area contributed by atoms with Gasteiger partial charge in [0, 0.05) is 56.8 Å². The fourth-order valence-electron chi connectivity index (χ4n) is 5.53. The Morgan fingerprint density at radius 3 is 1.93 bits per heavy atom. The van der Waals surface area contributed by atoms with E-state index in [0.717, 1.165) is 63.2 Å². The zero-order chi connectivity index (χ0) is 30.4. The van der Waals surface area contributed by atoms with Gasteiger partial charge < -0.3 is 19.9 Å². The van der Waals surface area contributed by atoms with E-state index in [-0.39, 0.29) is 29.7 Å². The Morgan fingerprint density at radius 1 is 0.833 bits per heavy atom. The molecule has 1 aromatic carbocycles. The summed E-state index contributed by atoms with van der Waals surface area (Å²) in [6, 6.07) is 7.62. The van der Waals surface area contributed by atoms with Gasteiger partial charge in [0.25, 0.3) is 0 Å². The SMILES string of the molecule is CC(C)(C)OC(=O)CCCCCCCCCCCCC(=O)N1CCN(c2ccc(N[C@H]3CCC(=O)NC3=O)cc2)CC1. The van der Waals surface area contributed by atoms with Crippen LogP contribution in [0.25, 0.3) is 0 Å². The number of benzene rings is 1. The lowest BCUT2D eigenvalue weighted by Gasteiger charge is -2.36. The van der Waals surface area contributed by atoms with Crippen LogP contribution in [0, 0.1) is 0 Å². The number of piperazine rings is 1. The van der Waals surface area contributed by atoms with Crippen LogP contribution >= 0.6 is 0 Å². The number of nitrogens with one attached hydrogen (secondary N) is 2. The van der Waals surface area contributed by atoms with Crippen molar-refractivity contribution in [3.8, 4) is 0 Å². The molecule has 0 radical (unpaired) electrons. The molecule has 2 N–H and O–H groups in total. The van der Waals surface area contributed by atoms with Crippen molar-refractivity contribution in [2.75, 3.05) is 36.4 Å². The number of carbonyl (C=O) groups excluding carboxylic acids is 4. The van der Waals surface area contributed by atoms with Gasteiger partial charge in [0.05, 0.1) is 0 Å². The summed E-state index contributed by atoms with van der Waals surface area (Å²) in [4.78, 5) is 52.0. The lowest BCUT2D eigenvalue weighted by atomic mass is 10.0. The maximum atomic E-state index is 12.7. The Balaban J connectivity index is 1.17. The summed E-state index contributed by atoms with van der Waals surface area (Å²) in [6.07, 6.45) is 13.4. The number of nitrogens with zero attached hydrogens (tertiary/aromatic N) is 2. The van der Waals surface area contributed by atoms with E-state index < -0.39 is 5.60 Å². The summed E-state index contributed by atoms with van der Waals surface area (Å²) in [5.74, 6) is -0.305. The third kappa shape index (κ3) is 12.4. The molecule has 0 spiro atoms. The predicted octanol–water partition coefficient (Wildman–Crippen LogP) is 5.58. The lowest BCUT2D eigenvalue weighted by Crippen LogP contribution is -2.48. The van der Waals surface area contributed by atoms with Crippen molar-refractivity contribution in [3.63, 3.8) is 0 Å². The van der Waals surface area contributed by atoms with Crippen LogP contribution < -0.4 is 15.5 Å². The molecule has 3 amide bonds. The van der Waals surface area contributed by atoms with Crippen LogP contribution in [0.4, 0.5) is 11.4 Å². The van der Waals surface area contributed by atoms with Gasteiger partial charge in [-0.1, -0.05) is 51.4 Å². The van der Waals surface area contributed by atoms with E-state index in [2.05, 4.69) is 15.5 Å². The summed E-state index contributed by atoms with van der Waals surface area (Å²) in [7, 11) is 0. The van der Waals surface area contributed by atoms with Crippen LogP contribution in [0.15, 0.2) is 24.3 Å². The summed E-state index contributed by atoms with van der Waals surface area (Å²) in [5.41, 5.74) is 1.57. The largest absolute Gasteiger partial charge is 0.460 e. The number of esters is 1. The van der Waals surface area contributed by atoms with Crippen LogP contribution in [0.3, 0.4) is 0 Å². The molecule has 0 aromatic heterocycles. The average molecular weight is 585 g/mol. The Kier molecular flexibility index (Phi) is 13.6. The van der Waals surface area contributed by atoms with Crippen LogP contribution in [-0.2, 0) is 23.9 Å². The predicted molar refractivity (Wildman–Crippen MR) is 166 cm³/mol. The van der Waals surface area contributed by atoms with Crippen molar-refractivity contribution in [2.24, 2.45) is 0 Å². The summed E-state index contributed by atoms with van der Waals surface area (Å²) >= 11 is 0. The van der Waals surface area contributed by atoms with Gasteiger partial charge in [-0.2, -0.15) is 0 Å². The fraction of sp³-hybridized carbons (Fsp3) is 0.697. The molecule has 2 aliphatic rings. The van der Waals surface area contributed by atoms with Crippen LogP contribution in [0.5, 0.6) is 0 Å². The van der Waals surface area contributed by atoms with E-state index in [4.69, 9.17) is 4.74 Å². The molecule has 1 aromatic rings. The highest BCUT2D eigenvalue weighted by molar-refractivity contribution is 6.01. The molecule has 9 nitrogen and oxygen atoms in total. The third-order valence-corrected chi connectivity index (χ3v) is 7.89. The minimum Gasteiger partial charge on any atom is -0.460 e. The molecule has 9 heteroatoms. The number of ether oxygens (including phenoxy) is 1. The van der Waals surface area contributed by atoms with Gasteiger partial charge in [0.15, 0.2) is 0 Å². The molecule has 234 valence electrons. The first-order chi connectivity index (χ1) is 20.1. The van der Waals surface area contributed by atoms with E-state index in [9.17, 15) is 19.2 Å². The van der Waals surface area contributed by atoms with E-state index in [1.54, 1.807) is 0 Å². The topological polar surface area (TPSA) is 108 Å². The minimum absolute atomic E-state index is 0.0894. The third-order valence-electron chi connectivity index (χ3n) is 7.89. The number of anilines is 2. The monoisotopic (exact) mass is 584 g/mol. The molecule has 0 unspecified atom stereocenters. The van der Waals surface area contributed by atoms with Gasteiger partial charge in [-0.05, 0) is 64.3 Å². The van der Waals surface area contributed by atoms with Crippen molar-refractivity contribution in [3.05, 3.63) is 24.3 Å². The van der Waals surface area contributed by atoms with Gasteiger partial charge in [-0.15, -0.1) is 0 Å². The Hall–Kier alpha value is -3.10. The summed E-state index contributed by atoms with van der Waals surface area (Å²) < 4.78 is 5.34. The Bertz CT molecular complexity index is 1010. The van der Waals surface area contributed by atoms with Crippen molar-refractivity contribution < 1.29 is 23.9 Å². The first kappa shape index (κ1) is 33.4. The fourth-order valence-corrected chi connectivity index (χ4v) is 5.53. The molecule has 0 bridgehead atoms. The van der Waals surface area contributed by atoms with E-state index in [1.165, 1.54) is 38.5 Å². The highest BCUT2D eigenvalue weighted by atomic mass is 16.6. The van der Waals surface area contributed by atoms with Gasteiger partial charge in [0.1, 0.15) is 11.6 Å². The van der Waals surface area contributed by atoms with Gasteiger partial charge in [-0.25, -0.2) is 0 Å². The van der Waals surface area contributed by atoms with E-state index >= 15 is 0 Å². The number of carbonyl (C=O) groups is 4. The van der Waals surface area contributed by atoms with Crippen molar-refractivity contribution in [1.29, 1.82) is 0 Å². The zero-order valence-electron chi connectivity index (χ0n) is 26.1. The van der Waals surface area contributed by atoms with Crippen molar-refractivity contribution in [1.82, 2.24) is 10.2 Å². The normalized spacial score (nSPS) is 17.6. The maximum Gasteiger partial charge on any atom is 0.306 e. The number of imide groups is 1. The molecule has 0 aliphatic carbocycles. The number of unbranched alkanes of at least 4 members (excludes halogenated alkanes) is 9. The number of amides is 3. The first-order valence-corrected chi connectivity index (χ1v) is 16.1. The zero-order valence-corrected chi connectivity index (χ0v) is 26.1. The highest BCUT2D eigenvalue weighted by Crippen LogP contribution is 2.22. The second-order valence-electron chi connectivity index (χ2n) is 12.7. The minimum atomic E-state index is -0.391. The first-order valence-electron chi connectivity index (χ1n) is 16.1. The average Bonchev–Trinajstić information content (AvgIpc) is 2.94. The standard InChI is InChI=1S/C33H52N4O5/c1-33(2,3)42-31(40)15-13-11-9-7-5-4-6-8-10-12-14-30(39)37-24-22-36(23-25-37)27-18-16-26(17-19-27)34-28-20-21-29(38)35-32(28)41/h16-19,28,34H,4-15,20-25H2,1-3H3,(H,35,38,41)/t28-/m0/s1. The lowest BCUT2D eigenvalue weighted by molar-refractivity contribution is -0.155. The summed E-state index contributed by atoms with van der Waals surface area (Å²) in [5, 5.41) is 5.58. The Morgan fingerprint density at radius 2 is 1.38 bits per heavy atom. The Labute approximate surface area is 252 Å². The van der Waals surface area contributed by atoms with Gasteiger partial charge >= 0.3 is 5.97 Å². The molecule has 3 rings (SSSR count). The molecule has 2 saturated heterocycles. The molecule has 1 atom stereocenters. The molecule has 2 aliphatic heterocycles. The van der Waals surface area contributed by atoms with E-state index in [1.807, 2.05) is 49.9 Å². The number of piperidine rings is 1. The smallest absolute Gasteiger partial charge is 0.306 e. The molecular formula is C33H52N4O5. The number of hydrogen-bond acceptors (Lipinski definition) is 7. The maximum absolute atomic E-state index is 12.7. The molecular weight excluding hydrogens is 532 g/mol. The quantitative estimate of drug-likeness (QED) is 0.148. The van der Waals surface area contributed by atoms with Gasteiger partial charge in [-0.3, -0.25) is 24.5 Å². The van der Waals surface area contributed by atoms with E-state index in [0.29, 0.717) is 25.7 Å². The van der Waals surface area contributed by atoms with Crippen LogP contribution in [-0.4, -0.2) is 66.4 Å². The number of rotatable bonds is 16. The second-order valence-corrected chi connectivity index (χ2v) is 12.7. The van der Waals surface area contributed by atoms with Crippen LogP contribution in [0.2, 0.25) is 0 Å². The molecule has 2 fully saturated rings. The molecule has 42 heavy (non-hydrogen) atoms. The summed E-state index contributed by atoms with van der Waals surface area (Å²) in [6.45, 7) is 8.82. The van der Waals surface area contributed by atoms with Crippen molar-refractivity contribution in [2.45, 2.75) is 122 Å². The molecule has 0 saturated carbocycles. The molecule has 2 heterocycles. The second kappa shape index (κ2) is 17.1. The van der Waals surface area contributed by atoms with Crippen molar-refractivity contribution >= 4 is 35.1 Å². The number of hydrogen-bond donors (Lipinski definition) is 2. The van der Waals surface area contributed by atoms with Gasteiger partial charge in [0.2, 0.25) is 17.7 Å². The van der Waals surface area contributed by atoms with Crippen LogP contribution in [0.1, 0.15) is 111 Å².